The average molecular weight is 219 g/mol. The number of pyridine rings is 1. The molecule has 0 spiro atoms. The number of hydrogen-bond donors (Lipinski definition) is 0. The first-order valence-electron chi connectivity index (χ1n) is 4.54. The zero-order chi connectivity index (χ0) is 10.5. The van der Waals surface area contributed by atoms with Crippen LogP contribution in [0.5, 0.6) is 5.88 Å². The predicted molar refractivity (Wildman–Crippen MR) is 58.9 cm³/mol. The molecular weight excluding hydrogens is 210 g/mol. The lowest BCUT2D eigenvalue weighted by atomic mass is 10.2. The highest BCUT2D eigenvalue weighted by Gasteiger charge is 1.96. The molecule has 0 N–H and O–H groups in total. The Morgan fingerprint density at radius 1 is 1.27 bits per heavy atom. The fraction of sp³-hybridized carbons (Fsp3) is 0.0833. The summed E-state index contributed by atoms with van der Waals surface area (Å²) < 4.78 is 5.45. The van der Waals surface area contributed by atoms with E-state index in [0.29, 0.717) is 17.5 Å². The standard InChI is InChI=1S/C12H9ClNO/c13-11-6-7-12(14-8-11)15-9-10-4-2-1-3-5-10/h1-4,6-8H,9H2. The van der Waals surface area contributed by atoms with Crippen molar-refractivity contribution in [2.24, 2.45) is 0 Å². The molecule has 1 aromatic carbocycles. The maximum Gasteiger partial charge on any atom is 0.213 e. The third kappa shape index (κ3) is 2.96. The molecule has 0 aliphatic rings. The lowest BCUT2D eigenvalue weighted by molar-refractivity contribution is 0.293. The second-order valence-electron chi connectivity index (χ2n) is 2.99. The van der Waals surface area contributed by atoms with Crippen LogP contribution in [0.1, 0.15) is 5.56 Å². The van der Waals surface area contributed by atoms with Crippen LogP contribution in [0.15, 0.2) is 42.6 Å². The minimum Gasteiger partial charge on any atom is -0.473 e. The first-order chi connectivity index (χ1) is 7.34. The largest absolute Gasteiger partial charge is 0.473 e. The van der Waals surface area contributed by atoms with E-state index in [4.69, 9.17) is 16.3 Å². The zero-order valence-electron chi connectivity index (χ0n) is 7.98. The van der Waals surface area contributed by atoms with Crippen molar-refractivity contribution < 1.29 is 4.74 Å². The fourth-order valence-electron chi connectivity index (χ4n) is 1.12. The highest BCUT2D eigenvalue weighted by Crippen LogP contribution is 2.12. The van der Waals surface area contributed by atoms with Gasteiger partial charge in [0.15, 0.2) is 0 Å². The number of rotatable bonds is 3. The Hall–Kier alpha value is -1.54. The van der Waals surface area contributed by atoms with Crippen LogP contribution < -0.4 is 4.74 Å². The molecule has 0 saturated carbocycles. The van der Waals surface area contributed by atoms with Crippen LogP contribution in [0, 0.1) is 6.07 Å². The van der Waals surface area contributed by atoms with E-state index in [1.54, 1.807) is 18.3 Å². The Balaban J connectivity index is 1.96. The van der Waals surface area contributed by atoms with Crippen LogP contribution in [-0.2, 0) is 6.61 Å². The van der Waals surface area contributed by atoms with Crippen LogP contribution in [0.4, 0.5) is 0 Å². The van der Waals surface area contributed by atoms with E-state index in [1.165, 1.54) is 0 Å². The van der Waals surface area contributed by atoms with Crippen LogP contribution in [0.2, 0.25) is 5.02 Å². The molecule has 1 aromatic heterocycles. The number of benzene rings is 1. The SMILES string of the molecule is Clc1ccc(OCc2[c]cccc2)nc1. The highest BCUT2D eigenvalue weighted by atomic mass is 35.5. The molecule has 2 aromatic rings. The van der Waals surface area contributed by atoms with Crippen LogP contribution in [-0.4, -0.2) is 4.98 Å². The van der Waals surface area contributed by atoms with Crippen molar-refractivity contribution in [1.82, 2.24) is 4.98 Å². The Bertz CT molecular complexity index is 413. The van der Waals surface area contributed by atoms with Crippen LogP contribution in [0.25, 0.3) is 0 Å². The molecule has 0 unspecified atom stereocenters. The summed E-state index contributed by atoms with van der Waals surface area (Å²) in [5, 5.41) is 0.605. The topological polar surface area (TPSA) is 22.1 Å². The van der Waals surface area contributed by atoms with Gasteiger partial charge in [0.1, 0.15) is 6.61 Å². The molecule has 15 heavy (non-hydrogen) atoms. The van der Waals surface area contributed by atoms with Gasteiger partial charge in [0.2, 0.25) is 5.88 Å². The molecule has 1 radical (unpaired) electrons. The second-order valence-corrected chi connectivity index (χ2v) is 3.43. The van der Waals surface area contributed by atoms with Crippen molar-refractivity contribution in [3.05, 3.63) is 59.2 Å². The van der Waals surface area contributed by atoms with Gasteiger partial charge in [0.25, 0.3) is 0 Å². The molecular formula is C12H9ClNO. The first kappa shape index (κ1) is 9.99. The molecule has 1 heterocycles. The minimum absolute atomic E-state index is 0.468. The maximum absolute atomic E-state index is 5.70. The Kier molecular flexibility index (Phi) is 3.20. The van der Waals surface area contributed by atoms with Crippen molar-refractivity contribution in [1.29, 1.82) is 0 Å². The summed E-state index contributed by atoms with van der Waals surface area (Å²) in [6.07, 6.45) is 1.56. The first-order valence-corrected chi connectivity index (χ1v) is 4.92. The number of halogens is 1. The van der Waals surface area contributed by atoms with Crippen molar-refractivity contribution in [2.45, 2.75) is 6.61 Å². The van der Waals surface area contributed by atoms with Gasteiger partial charge in [-0.1, -0.05) is 35.9 Å². The predicted octanol–water partition coefficient (Wildman–Crippen LogP) is 3.11. The zero-order valence-corrected chi connectivity index (χ0v) is 8.74. The van der Waals surface area contributed by atoms with Crippen molar-refractivity contribution in [2.75, 3.05) is 0 Å². The number of ether oxygens (including phenoxy) is 1. The highest BCUT2D eigenvalue weighted by molar-refractivity contribution is 6.30. The molecule has 3 heteroatoms. The lowest BCUT2D eigenvalue weighted by Gasteiger charge is -2.04. The number of nitrogens with zero attached hydrogens (tertiary/aromatic N) is 1. The lowest BCUT2D eigenvalue weighted by Crippen LogP contribution is -1.96. The third-order valence-corrected chi connectivity index (χ3v) is 2.07. The molecule has 0 aliphatic heterocycles. The Morgan fingerprint density at radius 3 is 2.87 bits per heavy atom. The summed E-state index contributed by atoms with van der Waals surface area (Å²) in [5.74, 6) is 0.566. The van der Waals surface area contributed by atoms with E-state index in [-0.39, 0.29) is 0 Å². The molecule has 75 valence electrons. The van der Waals surface area contributed by atoms with Gasteiger partial charge in [-0.05, 0) is 17.7 Å². The Labute approximate surface area is 93.5 Å². The van der Waals surface area contributed by atoms with E-state index in [2.05, 4.69) is 11.1 Å². The number of aromatic nitrogens is 1. The Morgan fingerprint density at radius 2 is 2.20 bits per heavy atom. The van der Waals surface area contributed by atoms with Gasteiger partial charge >= 0.3 is 0 Å². The molecule has 0 bridgehead atoms. The van der Waals surface area contributed by atoms with Gasteiger partial charge in [0.05, 0.1) is 5.02 Å². The maximum atomic E-state index is 5.70. The third-order valence-electron chi connectivity index (χ3n) is 1.85. The molecule has 0 fully saturated rings. The monoisotopic (exact) mass is 218 g/mol. The van der Waals surface area contributed by atoms with E-state index in [0.717, 1.165) is 5.56 Å². The van der Waals surface area contributed by atoms with Crippen LogP contribution >= 0.6 is 11.6 Å². The molecule has 0 saturated heterocycles. The molecule has 0 atom stereocenters. The van der Waals surface area contributed by atoms with E-state index in [1.807, 2.05) is 24.3 Å². The quantitative estimate of drug-likeness (QED) is 0.790. The summed E-state index contributed by atoms with van der Waals surface area (Å²) >= 11 is 5.70. The molecule has 2 rings (SSSR count). The summed E-state index contributed by atoms with van der Waals surface area (Å²) in [6, 6.07) is 14.2. The van der Waals surface area contributed by atoms with Gasteiger partial charge in [-0.15, -0.1) is 0 Å². The normalized spacial score (nSPS) is 9.93. The average Bonchev–Trinajstić information content (AvgIpc) is 2.30. The summed E-state index contributed by atoms with van der Waals surface area (Å²) in [5.41, 5.74) is 0.995. The summed E-state index contributed by atoms with van der Waals surface area (Å²) in [6.45, 7) is 0.468. The van der Waals surface area contributed by atoms with Gasteiger partial charge in [-0.2, -0.15) is 0 Å². The van der Waals surface area contributed by atoms with E-state index < -0.39 is 0 Å². The smallest absolute Gasteiger partial charge is 0.213 e. The van der Waals surface area contributed by atoms with Crippen molar-refractivity contribution >= 4 is 11.6 Å². The van der Waals surface area contributed by atoms with E-state index in [9.17, 15) is 0 Å². The van der Waals surface area contributed by atoms with Crippen molar-refractivity contribution in [3.63, 3.8) is 0 Å². The minimum atomic E-state index is 0.468. The summed E-state index contributed by atoms with van der Waals surface area (Å²) in [4.78, 5) is 4.03. The number of hydrogen-bond acceptors (Lipinski definition) is 2. The van der Waals surface area contributed by atoms with E-state index >= 15 is 0 Å². The summed E-state index contributed by atoms with van der Waals surface area (Å²) in [7, 11) is 0. The fourth-order valence-corrected chi connectivity index (χ4v) is 1.23. The molecule has 0 amide bonds. The van der Waals surface area contributed by atoms with Gasteiger partial charge in [-0.25, -0.2) is 4.98 Å². The van der Waals surface area contributed by atoms with Gasteiger partial charge in [0, 0.05) is 12.3 Å². The van der Waals surface area contributed by atoms with Crippen LogP contribution in [0.3, 0.4) is 0 Å². The van der Waals surface area contributed by atoms with Gasteiger partial charge < -0.3 is 4.74 Å². The molecule has 2 nitrogen and oxygen atoms in total. The van der Waals surface area contributed by atoms with Crippen molar-refractivity contribution in [3.8, 4) is 5.88 Å². The molecule has 0 aliphatic carbocycles. The van der Waals surface area contributed by atoms with Gasteiger partial charge in [-0.3, -0.25) is 0 Å². The second kappa shape index (κ2) is 4.80.